The molecule has 0 bridgehead atoms. The smallest absolute Gasteiger partial charge is 0.336 e. The van der Waals surface area contributed by atoms with Crippen molar-refractivity contribution in [2.45, 2.75) is 46.5 Å². The van der Waals surface area contributed by atoms with E-state index >= 15 is 0 Å². The Morgan fingerprint density at radius 2 is 1.07 bits per heavy atom. The molecule has 0 amide bonds. The number of nitrogens with two attached hydrogens (primary N) is 3. The summed E-state index contributed by atoms with van der Waals surface area (Å²) >= 11 is 0. The van der Waals surface area contributed by atoms with Crippen LogP contribution in [0, 0.1) is 16.7 Å². The molecule has 1 aliphatic rings. The van der Waals surface area contributed by atoms with Crippen LogP contribution in [0.15, 0.2) is 11.6 Å². The summed E-state index contributed by atoms with van der Waals surface area (Å²) in [5, 5.41) is 56.6. The van der Waals surface area contributed by atoms with E-state index in [2.05, 4.69) is 0 Å². The first kappa shape index (κ1) is 35.7. The Labute approximate surface area is 240 Å². The third-order valence-electron chi connectivity index (χ3n) is 7.62. The van der Waals surface area contributed by atoms with Crippen molar-refractivity contribution in [3.8, 4) is 0 Å². The quantitative estimate of drug-likeness (QED) is 0.149. The minimum Gasteiger partial charge on any atom is -0.481 e. The molecule has 0 saturated carbocycles. The van der Waals surface area contributed by atoms with Crippen molar-refractivity contribution in [1.29, 1.82) is 0 Å². The van der Waals surface area contributed by atoms with Gasteiger partial charge in [-0.2, -0.15) is 0 Å². The summed E-state index contributed by atoms with van der Waals surface area (Å²) in [6.45, 7) is 3.77. The predicted octanol–water partition coefficient (Wildman–Crippen LogP) is 0.504. The van der Waals surface area contributed by atoms with Crippen LogP contribution in [-0.4, -0.2) is 86.1 Å². The van der Waals surface area contributed by atoms with Crippen LogP contribution < -0.4 is 17.2 Å². The highest BCUT2D eigenvalue weighted by Gasteiger charge is 2.63. The number of aliphatic carboxylic acids is 3. The molecule has 0 spiro atoms. The zero-order chi connectivity index (χ0) is 32.7. The van der Waals surface area contributed by atoms with E-state index in [0.717, 1.165) is 0 Å². The monoisotopic (exact) mass is 595 g/mol. The first-order valence-corrected chi connectivity index (χ1v) is 12.9. The molecule has 0 saturated heterocycles. The zero-order valence-electron chi connectivity index (χ0n) is 23.5. The first-order chi connectivity index (χ1) is 19.5. The molecule has 42 heavy (non-hydrogen) atoms. The second kappa shape index (κ2) is 14.0. The molecule has 232 valence electrons. The van der Waals surface area contributed by atoms with Crippen molar-refractivity contribution in [3.63, 3.8) is 0 Å². The molecular weight excluding hydrogens is 558 g/mol. The second-order valence-corrected chi connectivity index (χ2v) is 9.71. The van der Waals surface area contributed by atoms with Crippen molar-refractivity contribution >= 4 is 35.8 Å². The van der Waals surface area contributed by atoms with Gasteiger partial charge in [-0.1, -0.05) is 32.4 Å². The molecule has 0 aromatic heterocycles. The van der Waals surface area contributed by atoms with Crippen molar-refractivity contribution in [2.24, 2.45) is 33.9 Å². The van der Waals surface area contributed by atoms with Gasteiger partial charge < -0.3 is 47.8 Å². The highest BCUT2D eigenvalue weighted by molar-refractivity contribution is 6.05. The van der Waals surface area contributed by atoms with Gasteiger partial charge in [0, 0.05) is 19.6 Å². The van der Waals surface area contributed by atoms with Gasteiger partial charge in [-0.3, -0.25) is 14.4 Å². The zero-order valence-corrected chi connectivity index (χ0v) is 23.5. The van der Waals surface area contributed by atoms with Gasteiger partial charge in [0.15, 0.2) is 0 Å². The van der Waals surface area contributed by atoms with Crippen LogP contribution in [0.4, 0.5) is 0 Å². The summed E-state index contributed by atoms with van der Waals surface area (Å²) in [5.74, 6) is -10.2. The van der Waals surface area contributed by atoms with Crippen LogP contribution in [0.2, 0.25) is 0 Å². The van der Waals surface area contributed by atoms with Gasteiger partial charge in [0.2, 0.25) is 0 Å². The van der Waals surface area contributed by atoms with E-state index in [9.17, 15) is 59.4 Å². The Kier molecular flexibility index (Phi) is 11.9. The largest absolute Gasteiger partial charge is 0.481 e. The molecule has 2 rings (SSSR count). The summed E-state index contributed by atoms with van der Waals surface area (Å²) in [5.41, 5.74) is 12.8. The van der Waals surface area contributed by atoms with E-state index in [-0.39, 0.29) is 65.6 Å². The summed E-state index contributed by atoms with van der Waals surface area (Å²) in [7, 11) is 0. The van der Waals surface area contributed by atoms with E-state index in [4.69, 9.17) is 17.2 Å². The van der Waals surface area contributed by atoms with Gasteiger partial charge in [0.1, 0.15) is 5.41 Å². The molecule has 3 atom stereocenters. The van der Waals surface area contributed by atoms with Crippen molar-refractivity contribution < 1.29 is 59.4 Å². The minimum absolute atomic E-state index is 0.101. The van der Waals surface area contributed by atoms with Crippen LogP contribution in [0.25, 0.3) is 0 Å². The van der Waals surface area contributed by atoms with Gasteiger partial charge >= 0.3 is 35.8 Å². The van der Waals surface area contributed by atoms with Crippen LogP contribution >= 0.6 is 0 Å². The first-order valence-electron chi connectivity index (χ1n) is 12.9. The van der Waals surface area contributed by atoms with E-state index < -0.39 is 65.7 Å². The average Bonchev–Trinajstić information content (AvgIpc) is 2.93. The van der Waals surface area contributed by atoms with E-state index in [1.165, 1.54) is 6.08 Å². The number of hydrogen-bond donors (Lipinski definition) is 9. The number of carboxylic acids is 6. The lowest BCUT2D eigenvalue weighted by atomic mass is 9.55. The molecule has 0 fully saturated rings. The molecule has 12 N–H and O–H groups in total. The third kappa shape index (κ3) is 6.12. The Balaban J connectivity index is 0.000000420. The standard InChI is InChI=1S/C15H18O6.C12H19N3O6/c1-4-7-10(13(16)17)8(5-2)12(15(20)21)9(6-3)11(7)14(18)19;13-3-6-1-11(4-14,9(18)19)7(8(16)17)12(2-6,5-15)10(20)21/h4-6H2,1-3H3,(H,16,17)(H,18,19)(H,20,21);1,7H,2-5,13-15H2,(H,16,17)(H,18,19)(H,20,21). The van der Waals surface area contributed by atoms with Crippen molar-refractivity contribution in [1.82, 2.24) is 0 Å². The normalized spacial score (nSPS) is 21.4. The van der Waals surface area contributed by atoms with E-state index in [0.29, 0.717) is 5.57 Å². The molecule has 1 aromatic carbocycles. The lowest BCUT2D eigenvalue weighted by molar-refractivity contribution is -0.175. The highest BCUT2D eigenvalue weighted by atomic mass is 16.4. The van der Waals surface area contributed by atoms with Gasteiger partial charge in [-0.25, -0.2) is 14.4 Å². The molecule has 15 heteroatoms. The van der Waals surface area contributed by atoms with E-state index in [1.807, 2.05) is 0 Å². The maximum absolute atomic E-state index is 11.7. The number of carboxylic acid groups (broad SMARTS) is 6. The number of hydrogen-bond acceptors (Lipinski definition) is 9. The Hall–Kier alpha value is -4.34. The maximum Gasteiger partial charge on any atom is 0.336 e. The summed E-state index contributed by atoms with van der Waals surface area (Å²) in [4.78, 5) is 69.5. The van der Waals surface area contributed by atoms with Gasteiger partial charge in [0.05, 0.1) is 28.0 Å². The Bertz CT molecular complexity index is 1210. The number of aromatic carboxylic acids is 3. The predicted molar refractivity (Wildman–Crippen MR) is 147 cm³/mol. The third-order valence-corrected chi connectivity index (χ3v) is 7.62. The molecule has 1 aromatic rings. The second-order valence-electron chi connectivity index (χ2n) is 9.71. The van der Waals surface area contributed by atoms with Crippen LogP contribution in [0.1, 0.15) is 75.0 Å². The maximum atomic E-state index is 11.7. The van der Waals surface area contributed by atoms with Crippen molar-refractivity contribution in [3.05, 3.63) is 45.0 Å². The summed E-state index contributed by atoms with van der Waals surface area (Å²) in [6.07, 6.45) is 1.59. The molecule has 0 heterocycles. The summed E-state index contributed by atoms with van der Waals surface area (Å²) in [6, 6.07) is 0. The fourth-order valence-corrected chi connectivity index (χ4v) is 5.77. The average molecular weight is 596 g/mol. The molecule has 1 aliphatic carbocycles. The van der Waals surface area contributed by atoms with Crippen LogP contribution in [0.5, 0.6) is 0 Å². The fourth-order valence-electron chi connectivity index (χ4n) is 5.77. The molecule has 0 aliphatic heterocycles. The SMILES string of the molecule is CCc1c(C(=O)O)c(CC)c(C(=O)O)c(CC)c1C(=O)O.NCC1=CC(CN)(C(=O)O)C(C(=O)O)C(CN)(C(=O)O)C1. The Morgan fingerprint density at radius 1 is 0.690 bits per heavy atom. The molecule has 3 unspecified atom stereocenters. The van der Waals surface area contributed by atoms with Crippen molar-refractivity contribution in [2.75, 3.05) is 19.6 Å². The van der Waals surface area contributed by atoms with Gasteiger partial charge in [0.25, 0.3) is 0 Å². The van der Waals surface area contributed by atoms with Crippen LogP contribution in [0.3, 0.4) is 0 Å². The van der Waals surface area contributed by atoms with Gasteiger partial charge in [-0.15, -0.1) is 0 Å². The highest BCUT2D eigenvalue weighted by Crippen LogP contribution is 2.50. The molecule has 15 nitrogen and oxygen atoms in total. The number of benzene rings is 1. The number of rotatable bonds is 12. The van der Waals surface area contributed by atoms with Crippen LogP contribution in [-0.2, 0) is 33.6 Å². The summed E-state index contributed by atoms with van der Waals surface area (Å²) < 4.78 is 0. The number of carbonyl (C=O) groups is 6. The van der Waals surface area contributed by atoms with Gasteiger partial charge in [-0.05, 0) is 42.4 Å². The van der Waals surface area contributed by atoms with E-state index in [1.54, 1.807) is 20.8 Å². The topological polar surface area (TPSA) is 302 Å². The fraction of sp³-hybridized carbons (Fsp3) is 0.481. The molecule has 0 radical (unpaired) electrons. The molecular formula is C27H37N3O12. The lowest BCUT2D eigenvalue weighted by Crippen LogP contribution is -2.61. The Morgan fingerprint density at radius 3 is 1.26 bits per heavy atom. The minimum atomic E-state index is -2.06. The lowest BCUT2D eigenvalue weighted by Gasteiger charge is -2.46.